The van der Waals surface area contributed by atoms with Gasteiger partial charge in [0.1, 0.15) is 12.4 Å². The SMILES string of the molecule is CC(=O)N(CCc1ccccc1Cl)c1ccccc1OCc1ccccc1. The normalized spacial score (nSPS) is 10.4. The van der Waals surface area contributed by atoms with Gasteiger partial charge in [-0.1, -0.05) is 72.3 Å². The molecule has 0 heterocycles. The molecule has 0 atom stereocenters. The van der Waals surface area contributed by atoms with Crippen LogP contribution in [0.2, 0.25) is 5.02 Å². The van der Waals surface area contributed by atoms with Crippen LogP contribution in [0.3, 0.4) is 0 Å². The summed E-state index contributed by atoms with van der Waals surface area (Å²) in [7, 11) is 0. The second kappa shape index (κ2) is 9.24. The summed E-state index contributed by atoms with van der Waals surface area (Å²) >= 11 is 6.25. The first-order valence-corrected chi connectivity index (χ1v) is 9.30. The van der Waals surface area contributed by atoms with Crippen LogP contribution in [-0.2, 0) is 17.8 Å². The molecule has 3 aromatic carbocycles. The Hall–Kier alpha value is -2.78. The molecule has 3 nitrogen and oxygen atoms in total. The highest BCUT2D eigenvalue weighted by molar-refractivity contribution is 6.31. The summed E-state index contributed by atoms with van der Waals surface area (Å²) in [6, 6.07) is 25.3. The zero-order valence-electron chi connectivity index (χ0n) is 15.3. The van der Waals surface area contributed by atoms with Crippen molar-refractivity contribution in [1.29, 1.82) is 0 Å². The van der Waals surface area contributed by atoms with Crippen molar-refractivity contribution in [2.45, 2.75) is 20.0 Å². The smallest absolute Gasteiger partial charge is 0.223 e. The fourth-order valence-electron chi connectivity index (χ4n) is 2.92. The number of ether oxygens (including phenoxy) is 1. The van der Waals surface area contributed by atoms with Gasteiger partial charge in [-0.2, -0.15) is 0 Å². The number of hydrogen-bond acceptors (Lipinski definition) is 2. The maximum atomic E-state index is 12.3. The van der Waals surface area contributed by atoms with E-state index in [-0.39, 0.29) is 5.91 Å². The molecule has 27 heavy (non-hydrogen) atoms. The summed E-state index contributed by atoms with van der Waals surface area (Å²) in [5, 5.41) is 0.717. The lowest BCUT2D eigenvalue weighted by Gasteiger charge is -2.24. The van der Waals surface area contributed by atoms with Gasteiger partial charge in [0.15, 0.2) is 0 Å². The van der Waals surface area contributed by atoms with Crippen molar-refractivity contribution in [3.05, 3.63) is 95.0 Å². The fraction of sp³-hybridized carbons (Fsp3) is 0.174. The number of benzene rings is 3. The summed E-state index contributed by atoms with van der Waals surface area (Å²) in [5.74, 6) is 0.661. The van der Waals surface area contributed by atoms with E-state index in [2.05, 4.69) is 0 Å². The van der Waals surface area contributed by atoms with Crippen LogP contribution in [0.25, 0.3) is 0 Å². The quantitative estimate of drug-likeness (QED) is 0.541. The molecule has 138 valence electrons. The summed E-state index contributed by atoms with van der Waals surface area (Å²) in [5.41, 5.74) is 2.87. The third kappa shape index (κ3) is 5.11. The number of amides is 1. The number of carbonyl (C=O) groups excluding carboxylic acids is 1. The Kier molecular flexibility index (Phi) is 6.50. The average molecular weight is 380 g/mol. The van der Waals surface area contributed by atoms with Crippen LogP contribution in [-0.4, -0.2) is 12.5 Å². The molecule has 0 unspecified atom stereocenters. The van der Waals surface area contributed by atoms with Gasteiger partial charge >= 0.3 is 0 Å². The largest absolute Gasteiger partial charge is 0.487 e. The van der Waals surface area contributed by atoms with E-state index in [1.165, 1.54) is 0 Å². The van der Waals surface area contributed by atoms with Gasteiger partial charge in [-0.25, -0.2) is 0 Å². The monoisotopic (exact) mass is 379 g/mol. The van der Waals surface area contributed by atoms with E-state index in [1.54, 1.807) is 11.8 Å². The number of rotatable bonds is 7. The molecule has 0 saturated heterocycles. The molecule has 0 N–H and O–H groups in total. The molecule has 3 rings (SSSR count). The molecule has 0 aliphatic heterocycles. The zero-order valence-corrected chi connectivity index (χ0v) is 16.0. The number of para-hydroxylation sites is 2. The first kappa shape index (κ1) is 19.0. The number of hydrogen-bond donors (Lipinski definition) is 0. The minimum atomic E-state index is -0.0298. The highest BCUT2D eigenvalue weighted by atomic mass is 35.5. The molecular weight excluding hydrogens is 358 g/mol. The van der Waals surface area contributed by atoms with Crippen molar-refractivity contribution in [2.75, 3.05) is 11.4 Å². The molecule has 0 aliphatic carbocycles. The van der Waals surface area contributed by atoms with Gasteiger partial charge in [0, 0.05) is 18.5 Å². The Labute approximate surface area is 165 Å². The minimum absolute atomic E-state index is 0.0298. The molecule has 0 spiro atoms. The predicted octanol–water partition coefficient (Wildman–Crippen LogP) is 5.51. The van der Waals surface area contributed by atoms with E-state index in [0.717, 1.165) is 21.8 Å². The van der Waals surface area contributed by atoms with E-state index >= 15 is 0 Å². The number of nitrogens with zero attached hydrogens (tertiary/aromatic N) is 1. The second-order valence-electron chi connectivity index (χ2n) is 6.25. The number of carbonyl (C=O) groups is 1. The van der Waals surface area contributed by atoms with Crippen molar-refractivity contribution in [1.82, 2.24) is 0 Å². The summed E-state index contributed by atoms with van der Waals surface area (Å²) in [6.07, 6.45) is 0.673. The molecule has 0 saturated carbocycles. The molecular formula is C23H22ClNO2. The lowest BCUT2D eigenvalue weighted by molar-refractivity contribution is -0.116. The maximum Gasteiger partial charge on any atom is 0.223 e. The molecule has 0 bridgehead atoms. The van der Waals surface area contributed by atoms with E-state index in [1.807, 2.05) is 78.9 Å². The van der Waals surface area contributed by atoms with E-state index < -0.39 is 0 Å². The van der Waals surface area contributed by atoms with Crippen molar-refractivity contribution in [2.24, 2.45) is 0 Å². The van der Waals surface area contributed by atoms with Gasteiger partial charge in [0.2, 0.25) is 5.91 Å². The van der Waals surface area contributed by atoms with Crippen LogP contribution < -0.4 is 9.64 Å². The topological polar surface area (TPSA) is 29.5 Å². The van der Waals surface area contributed by atoms with Crippen LogP contribution in [0, 0.1) is 0 Å². The molecule has 0 fully saturated rings. The van der Waals surface area contributed by atoms with E-state index in [0.29, 0.717) is 25.3 Å². The van der Waals surface area contributed by atoms with Crippen molar-refractivity contribution in [3.8, 4) is 5.75 Å². The van der Waals surface area contributed by atoms with Crippen molar-refractivity contribution < 1.29 is 9.53 Å². The van der Waals surface area contributed by atoms with Crippen LogP contribution in [0.15, 0.2) is 78.9 Å². The van der Waals surface area contributed by atoms with Crippen LogP contribution in [0.5, 0.6) is 5.75 Å². The number of anilines is 1. The average Bonchev–Trinajstić information content (AvgIpc) is 2.69. The molecule has 3 aromatic rings. The minimum Gasteiger partial charge on any atom is -0.487 e. The second-order valence-corrected chi connectivity index (χ2v) is 6.66. The molecule has 1 amide bonds. The molecule has 0 radical (unpaired) electrons. The molecule has 0 aromatic heterocycles. The summed E-state index contributed by atoms with van der Waals surface area (Å²) in [6.45, 7) is 2.56. The first-order chi connectivity index (χ1) is 13.1. The summed E-state index contributed by atoms with van der Waals surface area (Å²) < 4.78 is 6.01. The summed E-state index contributed by atoms with van der Waals surface area (Å²) in [4.78, 5) is 14.1. The Bertz CT molecular complexity index is 896. The Balaban J connectivity index is 1.77. The van der Waals surface area contributed by atoms with Gasteiger partial charge in [-0.15, -0.1) is 0 Å². The lowest BCUT2D eigenvalue weighted by Crippen LogP contribution is -2.31. The Morgan fingerprint density at radius 3 is 2.33 bits per heavy atom. The van der Waals surface area contributed by atoms with E-state index in [9.17, 15) is 4.79 Å². The maximum absolute atomic E-state index is 12.3. The predicted molar refractivity (Wildman–Crippen MR) is 110 cm³/mol. The van der Waals surface area contributed by atoms with E-state index in [4.69, 9.17) is 16.3 Å². The lowest BCUT2D eigenvalue weighted by atomic mass is 10.1. The standard InChI is InChI=1S/C23H22ClNO2/c1-18(26)25(16-15-20-11-5-6-12-21(20)24)22-13-7-8-14-23(22)27-17-19-9-3-2-4-10-19/h2-14H,15-17H2,1H3. The van der Waals surface area contributed by atoms with Crippen molar-refractivity contribution in [3.63, 3.8) is 0 Å². The Morgan fingerprint density at radius 1 is 0.926 bits per heavy atom. The van der Waals surface area contributed by atoms with Gasteiger partial charge in [0.05, 0.1) is 5.69 Å². The third-order valence-electron chi connectivity index (χ3n) is 4.34. The van der Waals surface area contributed by atoms with Crippen LogP contribution in [0.4, 0.5) is 5.69 Å². The number of halogens is 1. The van der Waals surface area contributed by atoms with Gasteiger partial charge < -0.3 is 9.64 Å². The fourth-order valence-corrected chi connectivity index (χ4v) is 3.15. The van der Waals surface area contributed by atoms with Crippen LogP contribution in [0.1, 0.15) is 18.1 Å². The third-order valence-corrected chi connectivity index (χ3v) is 4.70. The zero-order chi connectivity index (χ0) is 19.1. The highest BCUT2D eigenvalue weighted by Gasteiger charge is 2.16. The first-order valence-electron chi connectivity index (χ1n) is 8.92. The Morgan fingerprint density at radius 2 is 1.59 bits per heavy atom. The molecule has 0 aliphatic rings. The van der Waals surface area contributed by atoms with Crippen LogP contribution >= 0.6 is 11.6 Å². The van der Waals surface area contributed by atoms with Gasteiger partial charge in [-0.05, 0) is 35.7 Å². The van der Waals surface area contributed by atoms with Gasteiger partial charge in [-0.3, -0.25) is 4.79 Å². The van der Waals surface area contributed by atoms with Gasteiger partial charge in [0.25, 0.3) is 0 Å². The molecule has 4 heteroatoms. The van der Waals surface area contributed by atoms with Crippen molar-refractivity contribution >= 4 is 23.2 Å². The highest BCUT2D eigenvalue weighted by Crippen LogP contribution is 2.29.